The summed E-state index contributed by atoms with van der Waals surface area (Å²) in [7, 11) is 0. The molecule has 0 aromatic heterocycles. The number of carbonyl (C=O) groups is 2. The van der Waals surface area contributed by atoms with Crippen LogP contribution in [0.5, 0.6) is 0 Å². The zero-order valence-corrected chi connectivity index (χ0v) is 14.0. The van der Waals surface area contributed by atoms with Crippen molar-refractivity contribution in [2.75, 3.05) is 18.0 Å². The lowest BCUT2D eigenvalue weighted by Gasteiger charge is -2.23. The molecule has 2 aromatic carbocycles. The van der Waals surface area contributed by atoms with Crippen molar-refractivity contribution in [1.29, 1.82) is 0 Å². The minimum absolute atomic E-state index is 0.0202. The molecular weight excluding hydrogens is 316 g/mol. The molecular formula is C20H22N2O3. The molecule has 0 aliphatic carbocycles. The maximum atomic E-state index is 12.5. The van der Waals surface area contributed by atoms with E-state index in [0.29, 0.717) is 6.42 Å². The Morgan fingerprint density at radius 1 is 1.08 bits per heavy atom. The summed E-state index contributed by atoms with van der Waals surface area (Å²) in [4.78, 5) is 25.5. The van der Waals surface area contributed by atoms with Gasteiger partial charge in [-0.3, -0.25) is 9.59 Å². The number of carboxylic acids is 1. The fourth-order valence-corrected chi connectivity index (χ4v) is 3.26. The fourth-order valence-electron chi connectivity index (χ4n) is 3.26. The molecule has 5 nitrogen and oxygen atoms in total. The Balaban J connectivity index is 1.65. The standard InChI is InChI=1S/C20H22N2O3/c23-19(14-22-13-12-16-8-4-5-9-18(16)22)21-17(10-11-20(24)25)15-6-2-1-3-7-15/h1-9,17H,10-14H2,(H,21,23)(H,24,25). The Kier molecular flexibility index (Phi) is 5.33. The maximum Gasteiger partial charge on any atom is 0.303 e. The number of hydrogen-bond donors (Lipinski definition) is 2. The van der Waals surface area contributed by atoms with Gasteiger partial charge in [-0.25, -0.2) is 0 Å². The van der Waals surface area contributed by atoms with E-state index in [1.54, 1.807) is 0 Å². The number of hydrogen-bond acceptors (Lipinski definition) is 3. The number of carboxylic acid groups (broad SMARTS) is 1. The molecule has 1 aliphatic rings. The highest BCUT2D eigenvalue weighted by Crippen LogP contribution is 2.27. The number of rotatable bonds is 7. The van der Waals surface area contributed by atoms with Crippen molar-refractivity contribution in [2.24, 2.45) is 0 Å². The quantitative estimate of drug-likeness (QED) is 0.814. The molecule has 5 heteroatoms. The average Bonchev–Trinajstić information content (AvgIpc) is 3.02. The molecule has 0 saturated heterocycles. The van der Waals surface area contributed by atoms with Crippen molar-refractivity contribution in [3.8, 4) is 0 Å². The van der Waals surface area contributed by atoms with Crippen molar-refractivity contribution < 1.29 is 14.7 Å². The predicted molar refractivity (Wildman–Crippen MR) is 96.6 cm³/mol. The van der Waals surface area contributed by atoms with Gasteiger partial charge in [0.15, 0.2) is 0 Å². The number of anilines is 1. The van der Waals surface area contributed by atoms with Crippen LogP contribution in [-0.2, 0) is 16.0 Å². The summed E-state index contributed by atoms with van der Waals surface area (Å²) in [5.41, 5.74) is 3.30. The van der Waals surface area contributed by atoms with Crippen molar-refractivity contribution >= 4 is 17.6 Å². The average molecular weight is 338 g/mol. The fraction of sp³-hybridized carbons (Fsp3) is 0.300. The largest absolute Gasteiger partial charge is 0.481 e. The van der Waals surface area contributed by atoms with Crippen molar-refractivity contribution in [1.82, 2.24) is 5.32 Å². The van der Waals surface area contributed by atoms with E-state index in [1.165, 1.54) is 5.56 Å². The van der Waals surface area contributed by atoms with Crippen LogP contribution in [0.1, 0.15) is 30.0 Å². The van der Waals surface area contributed by atoms with Crippen LogP contribution in [0.25, 0.3) is 0 Å². The van der Waals surface area contributed by atoms with Crippen molar-refractivity contribution in [3.63, 3.8) is 0 Å². The van der Waals surface area contributed by atoms with Gasteiger partial charge in [-0.2, -0.15) is 0 Å². The Morgan fingerprint density at radius 3 is 2.56 bits per heavy atom. The van der Waals surface area contributed by atoms with Crippen LogP contribution in [0.3, 0.4) is 0 Å². The van der Waals surface area contributed by atoms with Crippen LogP contribution in [-0.4, -0.2) is 30.1 Å². The third-order valence-corrected chi connectivity index (χ3v) is 4.50. The van der Waals surface area contributed by atoms with E-state index in [0.717, 1.165) is 24.2 Å². The van der Waals surface area contributed by atoms with Crippen LogP contribution in [0.2, 0.25) is 0 Å². The van der Waals surface area contributed by atoms with E-state index in [1.807, 2.05) is 48.5 Å². The molecule has 3 rings (SSSR count). The van der Waals surface area contributed by atoms with Gasteiger partial charge in [0.2, 0.25) is 5.91 Å². The van der Waals surface area contributed by atoms with Crippen LogP contribution in [0, 0.1) is 0 Å². The molecule has 1 atom stereocenters. The summed E-state index contributed by atoms with van der Waals surface area (Å²) in [5.74, 6) is -0.945. The van der Waals surface area contributed by atoms with Gasteiger partial charge in [-0.05, 0) is 30.0 Å². The van der Waals surface area contributed by atoms with Gasteiger partial charge in [0.25, 0.3) is 0 Å². The van der Waals surface area contributed by atoms with Crippen molar-refractivity contribution in [3.05, 3.63) is 65.7 Å². The first-order valence-electron chi connectivity index (χ1n) is 8.52. The number of fused-ring (bicyclic) bond motifs is 1. The highest BCUT2D eigenvalue weighted by Gasteiger charge is 2.22. The predicted octanol–water partition coefficient (Wildman–Crippen LogP) is 2.77. The summed E-state index contributed by atoms with van der Waals surface area (Å²) >= 11 is 0. The third-order valence-electron chi connectivity index (χ3n) is 4.50. The molecule has 25 heavy (non-hydrogen) atoms. The normalized spacial score (nSPS) is 14.0. The topological polar surface area (TPSA) is 69.6 Å². The number of nitrogens with zero attached hydrogens (tertiary/aromatic N) is 1. The summed E-state index contributed by atoms with van der Waals surface area (Å²) in [5, 5.41) is 12.0. The van der Waals surface area contributed by atoms with Crippen LogP contribution in [0.15, 0.2) is 54.6 Å². The molecule has 0 bridgehead atoms. The van der Waals surface area contributed by atoms with E-state index in [9.17, 15) is 9.59 Å². The monoisotopic (exact) mass is 338 g/mol. The highest BCUT2D eigenvalue weighted by molar-refractivity contribution is 5.82. The molecule has 1 amide bonds. The number of amides is 1. The Hall–Kier alpha value is -2.82. The van der Waals surface area contributed by atoms with Crippen LogP contribution >= 0.6 is 0 Å². The molecule has 1 aliphatic heterocycles. The molecule has 1 heterocycles. The molecule has 0 saturated carbocycles. The number of carbonyl (C=O) groups excluding carboxylic acids is 1. The molecule has 2 N–H and O–H groups in total. The van der Waals surface area contributed by atoms with Gasteiger partial charge in [0.05, 0.1) is 12.6 Å². The van der Waals surface area contributed by atoms with E-state index >= 15 is 0 Å². The summed E-state index contributed by atoms with van der Waals surface area (Å²) in [6.45, 7) is 1.12. The second-order valence-corrected chi connectivity index (χ2v) is 6.26. The molecule has 130 valence electrons. The van der Waals surface area contributed by atoms with E-state index in [4.69, 9.17) is 5.11 Å². The van der Waals surface area contributed by atoms with Crippen LogP contribution in [0.4, 0.5) is 5.69 Å². The molecule has 2 aromatic rings. The van der Waals surface area contributed by atoms with Crippen LogP contribution < -0.4 is 10.2 Å². The van der Waals surface area contributed by atoms with E-state index in [-0.39, 0.29) is 24.9 Å². The molecule has 0 fully saturated rings. The summed E-state index contributed by atoms with van der Waals surface area (Å²) in [6.07, 6.45) is 1.35. The lowest BCUT2D eigenvalue weighted by atomic mass is 10.0. The van der Waals surface area contributed by atoms with Crippen molar-refractivity contribution in [2.45, 2.75) is 25.3 Å². The first-order valence-corrected chi connectivity index (χ1v) is 8.52. The second kappa shape index (κ2) is 7.83. The van der Waals surface area contributed by atoms with E-state index < -0.39 is 5.97 Å². The van der Waals surface area contributed by atoms with Gasteiger partial charge in [-0.1, -0.05) is 48.5 Å². The van der Waals surface area contributed by atoms with Gasteiger partial charge in [0.1, 0.15) is 0 Å². The number of para-hydroxylation sites is 1. The summed E-state index contributed by atoms with van der Waals surface area (Å²) in [6, 6.07) is 17.4. The maximum absolute atomic E-state index is 12.5. The molecule has 1 unspecified atom stereocenters. The minimum Gasteiger partial charge on any atom is -0.481 e. The lowest BCUT2D eigenvalue weighted by molar-refractivity contribution is -0.137. The SMILES string of the molecule is O=C(O)CCC(NC(=O)CN1CCc2ccccc21)c1ccccc1. The van der Waals surface area contributed by atoms with E-state index in [2.05, 4.69) is 16.3 Å². The Morgan fingerprint density at radius 2 is 1.80 bits per heavy atom. The number of aliphatic carboxylic acids is 1. The number of nitrogens with one attached hydrogen (secondary N) is 1. The zero-order valence-electron chi connectivity index (χ0n) is 14.0. The van der Waals surface area contributed by atoms with Gasteiger partial charge < -0.3 is 15.3 Å². The first kappa shape index (κ1) is 17.0. The highest BCUT2D eigenvalue weighted by atomic mass is 16.4. The first-order chi connectivity index (χ1) is 12.1. The smallest absolute Gasteiger partial charge is 0.303 e. The lowest BCUT2D eigenvalue weighted by Crippen LogP contribution is -2.38. The van der Waals surface area contributed by atoms with Gasteiger partial charge >= 0.3 is 5.97 Å². The third kappa shape index (κ3) is 4.38. The van der Waals surface area contributed by atoms with Gasteiger partial charge in [-0.15, -0.1) is 0 Å². The van der Waals surface area contributed by atoms with Gasteiger partial charge in [0, 0.05) is 18.7 Å². The minimum atomic E-state index is -0.858. The second-order valence-electron chi connectivity index (χ2n) is 6.26. The molecule has 0 spiro atoms. The molecule has 0 radical (unpaired) electrons. The zero-order chi connectivity index (χ0) is 17.6. The summed E-state index contributed by atoms with van der Waals surface area (Å²) < 4.78 is 0. The number of benzene rings is 2. The Bertz CT molecular complexity index is 746. The Labute approximate surface area is 147 Å².